The molecule has 0 saturated carbocycles. The minimum Gasteiger partial charge on any atom is -0.369 e. The molecule has 0 aromatic heterocycles. The van der Waals surface area contributed by atoms with Gasteiger partial charge in [-0.15, -0.1) is 0 Å². The lowest BCUT2D eigenvalue weighted by atomic mass is 9.97. The number of hydrogen-bond donors (Lipinski definition) is 3. The fourth-order valence-electron chi connectivity index (χ4n) is 4.17. The summed E-state index contributed by atoms with van der Waals surface area (Å²) in [5.74, 6) is 2.08. The third kappa shape index (κ3) is 8.47. The molecule has 1 amide bonds. The van der Waals surface area contributed by atoms with Gasteiger partial charge in [0.1, 0.15) is 0 Å². The Balaban J connectivity index is 1.79. The normalized spacial score (nSPS) is 23.6. The van der Waals surface area contributed by atoms with Crippen LogP contribution in [0.2, 0.25) is 0 Å². The van der Waals surface area contributed by atoms with E-state index in [1.165, 1.54) is 32.5 Å². The predicted molar refractivity (Wildman–Crippen MR) is 112 cm³/mol. The number of rotatable bonds is 8. The van der Waals surface area contributed by atoms with Crippen LogP contribution in [-0.2, 0) is 4.79 Å². The molecule has 2 heterocycles. The molecule has 7 heteroatoms. The largest absolute Gasteiger partial charge is 0.369 e. The molecule has 0 aromatic carbocycles. The highest BCUT2D eigenvalue weighted by Gasteiger charge is 2.22. The first-order valence-corrected chi connectivity index (χ1v) is 10.7. The number of nitrogens with one attached hydrogen (secondary N) is 2. The topological polar surface area (TPSA) is 86.0 Å². The van der Waals surface area contributed by atoms with Crippen LogP contribution in [0.5, 0.6) is 0 Å². The van der Waals surface area contributed by atoms with Crippen molar-refractivity contribution >= 4 is 11.9 Å². The molecule has 2 saturated heterocycles. The van der Waals surface area contributed by atoms with Gasteiger partial charge in [-0.1, -0.05) is 13.8 Å². The maximum Gasteiger partial charge on any atom is 0.231 e. The molecule has 0 bridgehead atoms. The third-order valence-electron chi connectivity index (χ3n) is 5.39. The zero-order chi connectivity index (χ0) is 19.6. The van der Waals surface area contributed by atoms with Gasteiger partial charge in [0.2, 0.25) is 5.91 Å². The van der Waals surface area contributed by atoms with Crippen LogP contribution in [0.1, 0.15) is 46.5 Å². The molecule has 0 aromatic rings. The molecule has 0 spiro atoms. The van der Waals surface area contributed by atoms with Crippen molar-refractivity contribution in [2.24, 2.45) is 22.6 Å². The van der Waals surface area contributed by atoms with E-state index in [0.29, 0.717) is 18.5 Å². The second-order valence-electron chi connectivity index (χ2n) is 8.54. The summed E-state index contributed by atoms with van der Waals surface area (Å²) in [4.78, 5) is 20.7. The van der Waals surface area contributed by atoms with Gasteiger partial charge in [-0.3, -0.25) is 14.7 Å². The molecule has 0 radical (unpaired) electrons. The van der Waals surface area contributed by atoms with Crippen molar-refractivity contribution in [2.45, 2.75) is 52.5 Å². The summed E-state index contributed by atoms with van der Waals surface area (Å²) in [6.45, 7) is 14.3. The van der Waals surface area contributed by atoms with E-state index in [-0.39, 0.29) is 5.91 Å². The lowest BCUT2D eigenvalue weighted by Crippen LogP contribution is -2.50. The van der Waals surface area contributed by atoms with Crippen molar-refractivity contribution in [3.05, 3.63) is 0 Å². The van der Waals surface area contributed by atoms with Gasteiger partial charge < -0.3 is 21.3 Å². The van der Waals surface area contributed by atoms with Crippen molar-refractivity contribution in [3.63, 3.8) is 0 Å². The van der Waals surface area contributed by atoms with E-state index in [4.69, 9.17) is 10.7 Å². The number of likely N-dealkylation sites (tertiary alicyclic amines) is 2. The number of aliphatic imine (C=N–C) groups is 1. The van der Waals surface area contributed by atoms with Gasteiger partial charge in [-0.05, 0) is 51.0 Å². The lowest BCUT2D eigenvalue weighted by Gasteiger charge is -2.34. The van der Waals surface area contributed by atoms with E-state index < -0.39 is 0 Å². The van der Waals surface area contributed by atoms with Gasteiger partial charge in [-0.2, -0.15) is 0 Å². The van der Waals surface area contributed by atoms with Gasteiger partial charge in [0, 0.05) is 45.3 Å². The highest BCUT2D eigenvalue weighted by atomic mass is 16.1. The number of hydrogen-bond acceptors (Lipinski definition) is 4. The summed E-state index contributed by atoms with van der Waals surface area (Å²) in [6, 6.07) is 0.413. The minimum atomic E-state index is -0.240. The molecule has 7 nitrogen and oxygen atoms in total. The van der Waals surface area contributed by atoms with Gasteiger partial charge >= 0.3 is 0 Å². The number of primary amides is 1. The quantitative estimate of drug-likeness (QED) is 0.429. The van der Waals surface area contributed by atoms with Crippen LogP contribution in [0.15, 0.2) is 4.99 Å². The Labute approximate surface area is 165 Å². The SMILES string of the molecule is CCNC(=NCC1CCCN(CC(C)C)C1)NC1CCN(CC(N)=O)CC1. The Hall–Kier alpha value is -1.34. The lowest BCUT2D eigenvalue weighted by molar-refractivity contribution is -0.119. The van der Waals surface area contributed by atoms with Crippen molar-refractivity contribution in [2.75, 3.05) is 52.4 Å². The average molecular weight is 381 g/mol. The van der Waals surface area contributed by atoms with E-state index >= 15 is 0 Å². The van der Waals surface area contributed by atoms with Crippen LogP contribution >= 0.6 is 0 Å². The van der Waals surface area contributed by atoms with Crippen molar-refractivity contribution in [3.8, 4) is 0 Å². The number of amides is 1. The smallest absolute Gasteiger partial charge is 0.231 e. The summed E-state index contributed by atoms with van der Waals surface area (Å²) < 4.78 is 0. The fourth-order valence-corrected chi connectivity index (χ4v) is 4.17. The monoisotopic (exact) mass is 380 g/mol. The number of carbonyl (C=O) groups is 1. The molecule has 1 unspecified atom stereocenters. The van der Waals surface area contributed by atoms with Crippen LogP contribution in [0, 0.1) is 11.8 Å². The third-order valence-corrected chi connectivity index (χ3v) is 5.39. The maximum atomic E-state index is 11.1. The van der Waals surface area contributed by atoms with E-state index in [9.17, 15) is 4.79 Å². The molecule has 0 aliphatic carbocycles. The van der Waals surface area contributed by atoms with E-state index in [0.717, 1.165) is 50.9 Å². The van der Waals surface area contributed by atoms with Gasteiger partial charge in [-0.25, -0.2) is 0 Å². The molecule has 2 aliphatic rings. The zero-order valence-corrected chi connectivity index (χ0v) is 17.5. The van der Waals surface area contributed by atoms with Crippen LogP contribution < -0.4 is 16.4 Å². The fraction of sp³-hybridized carbons (Fsp3) is 0.900. The Morgan fingerprint density at radius 3 is 2.56 bits per heavy atom. The molecule has 27 heavy (non-hydrogen) atoms. The van der Waals surface area contributed by atoms with Gasteiger partial charge in [0.25, 0.3) is 0 Å². The molecular weight excluding hydrogens is 340 g/mol. The summed E-state index contributed by atoms with van der Waals surface area (Å²) in [6.07, 6.45) is 4.60. The number of nitrogens with zero attached hydrogens (tertiary/aromatic N) is 3. The van der Waals surface area contributed by atoms with E-state index in [1.807, 2.05) is 0 Å². The molecule has 2 fully saturated rings. The summed E-state index contributed by atoms with van der Waals surface area (Å²) in [5, 5.41) is 6.99. The van der Waals surface area contributed by atoms with E-state index in [2.05, 4.69) is 41.2 Å². The predicted octanol–water partition coefficient (Wildman–Crippen LogP) is 0.859. The Bertz CT molecular complexity index is 473. The second kappa shape index (κ2) is 11.5. The van der Waals surface area contributed by atoms with E-state index in [1.54, 1.807) is 0 Å². The van der Waals surface area contributed by atoms with Gasteiger partial charge in [0.15, 0.2) is 5.96 Å². The van der Waals surface area contributed by atoms with Crippen LogP contribution in [0.25, 0.3) is 0 Å². The molecule has 2 rings (SSSR count). The molecule has 4 N–H and O–H groups in total. The molecule has 156 valence electrons. The number of guanidine groups is 1. The summed E-state index contributed by atoms with van der Waals surface area (Å²) in [5.41, 5.74) is 5.30. The molecule has 1 atom stereocenters. The summed E-state index contributed by atoms with van der Waals surface area (Å²) >= 11 is 0. The zero-order valence-electron chi connectivity index (χ0n) is 17.5. The second-order valence-corrected chi connectivity index (χ2v) is 8.54. The molecule has 2 aliphatic heterocycles. The highest BCUT2D eigenvalue weighted by Crippen LogP contribution is 2.18. The Kier molecular flexibility index (Phi) is 9.34. The van der Waals surface area contributed by atoms with Crippen LogP contribution in [-0.4, -0.2) is 80.1 Å². The number of piperidine rings is 2. The first-order chi connectivity index (χ1) is 13.0. The number of carbonyl (C=O) groups excluding carboxylic acids is 1. The van der Waals surface area contributed by atoms with Crippen LogP contribution in [0.3, 0.4) is 0 Å². The maximum absolute atomic E-state index is 11.1. The first-order valence-electron chi connectivity index (χ1n) is 10.7. The number of nitrogens with two attached hydrogens (primary N) is 1. The van der Waals surface area contributed by atoms with Gasteiger partial charge in [0.05, 0.1) is 6.54 Å². The highest BCUT2D eigenvalue weighted by molar-refractivity contribution is 5.80. The first kappa shape index (κ1) is 22.0. The van der Waals surface area contributed by atoms with Crippen molar-refractivity contribution < 1.29 is 4.79 Å². The average Bonchev–Trinajstić information content (AvgIpc) is 2.61. The molecular formula is C20H40N6O. The Morgan fingerprint density at radius 2 is 1.93 bits per heavy atom. The van der Waals surface area contributed by atoms with Crippen molar-refractivity contribution in [1.29, 1.82) is 0 Å². The van der Waals surface area contributed by atoms with Crippen molar-refractivity contribution in [1.82, 2.24) is 20.4 Å². The standard InChI is InChI=1S/C20H40N6O/c1-4-22-20(24-18-7-10-25(11-8-18)15-19(21)27)23-12-17-6-5-9-26(14-17)13-16(2)3/h16-18H,4-15H2,1-3H3,(H2,21,27)(H2,22,23,24). The Morgan fingerprint density at radius 1 is 1.19 bits per heavy atom. The van der Waals surface area contributed by atoms with Crippen LogP contribution in [0.4, 0.5) is 0 Å². The minimum absolute atomic E-state index is 0.240. The summed E-state index contributed by atoms with van der Waals surface area (Å²) in [7, 11) is 0.